The molecule has 0 radical (unpaired) electrons. The number of rotatable bonds is 4. The summed E-state index contributed by atoms with van der Waals surface area (Å²) in [6, 6.07) is 5.03. The largest absolute Gasteiger partial charge is 0.493 e. The molecule has 1 atom stereocenters. The molecule has 1 heterocycles. The number of ether oxygens (including phenoxy) is 1. The van der Waals surface area contributed by atoms with Crippen molar-refractivity contribution in [1.29, 1.82) is 0 Å². The van der Waals surface area contributed by atoms with Crippen molar-refractivity contribution in [2.45, 2.75) is 38.1 Å². The lowest BCUT2D eigenvalue weighted by atomic mass is 9.77. The highest BCUT2D eigenvalue weighted by atomic mass is 79.9. The minimum Gasteiger partial charge on any atom is -0.493 e. The molecule has 0 saturated heterocycles. The molecule has 2 aliphatic rings. The monoisotopic (exact) mass is 309 g/mol. The lowest BCUT2D eigenvalue weighted by Crippen LogP contribution is -2.39. The van der Waals surface area contributed by atoms with Gasteiger partial charge in [-0.05, 0) is 55.5 Å². The number of halogens is 1. The van der Waals surface area contributed by atoms with Crippen LogP contribution in [0.15, 0.2) is 16.6 Å². The normalized spacial score (nSPS) is 20.1. The highest BCUT2D eigenvalue weighted by Crippen LogP contribution is 2.36. The third kappa shape index (κ3) is 2.30. The van der Waals surface area contributed by atoms with Crippen molar-refractivity contribution in [3.05, 3.63) is 27.7 Å². The van der Waals surface area contributed by atoms with Crippen LogP contribution in [0.25, 0.3) is 0 Å². The Labute approximate surface area is 117 Å². The van der Waals surface area contributed by atoms with Crippen LogP contribution in [0.3, 0.4) is 0 Å². The van der Waals surface area contributed by atoms with Crippen molar-refractivity contribution in [2.24, 2.45) is 5.92 Å². The van der Waals surface area contributed by atoms with E-state index in [1.807, 2.05) is 0 Å². The number of likely N-dealkylation sites (N-methyl/N-ethyl adjacent to an activating group) is 1. The minimum absolute atomic E-state index is 0.598. The van der Waals surface area contributed by atoms with Gasteiger partial charge in [0.2, 0.25) is 0 Å². The summed E-state index contributed by atoms with van der Waals surface area (Å²) in [5.41, 5.74) is 2.73. The molecule has 98 valence electrons. The number of hydrogen-bond acceptors (Lipinski definition) is 2. The molecule has 1 N–H and O–H groups in total. The second-order valence-electron chi connectivity index (χ2n) is 5.44. The summed E-state index contributed by atoms with van der Waals surface area (Å²) in [4.78, 5) is 0. The molecule has 0 amide bonds. The highest BCUT2D eigenvalue weighted by Gasteiger charge is 2.28. The standard InChI is InChI=1S/C15H20BrNO/c1-17-14(10-3-2-4-10)9-12-8-13(16)7-11-5-6-18-15(11)12/h7-8,10,14,17H,2-6,9H2,1H3. The molecular formula is C15H20BrNO. The second kappa shape index (κ2) is 5.22. The third-order valence-corrected chi connectivity index (χ3v) is 4.81. The molecule has 1 unspecified atom stereocenters. The van der Waals surface area contributed by atoms with Gasteiger partial charge < -0.3 is 10.1 Å². The van der Waals surface area contributed by atoms with Gasteiger partial charge in [-0.1, -0.05) is 22.4 Å². The van der Waals surface area contributed by atoms with E-state index in [0.717, 1.165) is 31.1 Å². The Morgan fingerprint density at radius 1 is 1.44 bits per heavy atom. The van der Waals surface area contributed by atoms with E-state index < -0.39 is 0 Å². The zero-order chi connectivity index (χ0) is 12.5. The van der Waals surface area contributed by atoms with Crippen molar-refractivity contribution in [3.63, 3.8) is 0 Å². The van der Waals surface area contributed by atoms with Crippen LogP contribution in [0, 0.1) is 5.92 Å². The average molecular weight is 310 g/mol. The van der Waals surface area contributed by atoms with E-state index >= 15 is 0 Å². The van der Waals surface area contributed by atoms with E-state index in [1.165, 1.54) is 34.9 Å². The van der Waals surface area contributed by atoms with Crippen LogP contribution in [0.4, 0.5) is 0 Å². The molecule has 0 spiro atoms. The fourth-order valence-corrected chi connectivity index (χ4v) is 3.63. The first-order valence-corrected chi connectivity index (χ1v) is 7.68. The molecule has 1 fully saturated rings. The zero-order valence-corrected chi connectivity index (χ0v) is 12.4. The summed E-state index contributed by atoms with van der Waals surface area (Å²) >= 11 is 3.62. The zero-order valence-electron chi connectivity index (χ0n) is 10.8. The highest BCUT2D eigenvalue weighted by molar-refractivity contribution is 9.10. The fourth-order valence-electron chi connectivity index (χ4n) is 3.08. The van der Waals surface area contributed by atoms with Crippen molar-refractivity contribution in [2.75, 3.05) is 13.7 Å². The van der Waals surface area contributed by atoms with Crippen LogP contribution in [-0.4, -0.2) is 19.7 Å². The van der Waals surface area contributed by atoms with E-state index in [9.17, 15) is 0 Å². The summed E-state index contributed by atoms with van der Waals surface area (Å²) in [6.45, 7) is 0.840. The molecule has 18 heavy (non-hydrogen) atoms. The second-order valence-corrected chi connectivity index (χ2v) is 6.36. The smallest absolute Gasteiger partial charge is 0.125 e. The van der Waals surface area contributed by atoms with Crippen molar-refractivity contribution < 1.29 is 4.74 Å². The van der Waals surface area contributed by atoms with E-state index in [-0.39, 0.29) is 0 Å². The molecule has 0 aromatic heterocycles. The van der Waals surface area contributed by atoms with E-state index in [0.29, 0.717) is 6.04 Å². The molecule has 1 aromatic rings. The predicted octanol–water partition coefficient (Wildman–Crippen LogP) is 3.31. The molecule has 1 aliphatic heterocycles. The molecule has 0 bridgehead atoms. The first-order chi connectivity index (χ1) is 8.78. The Kier molecular flexibility index (Phi) is 3.62. The Morgan fingerprint density at radius 3 is 2.94 bits per heavy atom. The summed E-state index contributed by atoms with van der Waals surface area (Å²) in [5, 5.41) is 3.49. The van der Waals surface area contributed by atoms with E-state index in [2.05, 4.69) is 40.4 Å². The van der Waals surface area contributed by atoms with Gasteiger partial charge in [-0.15, -0.1) is 0 Å². The molecule has 3 rings (SSSR count). The first kappa shape index (κ1) is 12.5. The van der Waals surface area contributed by atoms with Gasteiger partial charge in [0.15, 0.2) is 0 Å². The van der Waals surface area contributed by atoms with Crippen molar-refractivity contribution in [1.82, 2.24) is 5.32 Å². The quantitative estimate of drug-likeness (QED) is 0.921. The van der Waals surface area contributed by atoms with Gasteiger partial charge in [0.1, 0.15) is 5.75 Å². The van der Waals surface area contributed by atoms with E-state index in [1.54, 1.807) is 0 Å². The lowest BCUT2D eigenvalue weighted by Gasteiger charge is -2.34. The summed E-state index contributed by atoms with van der Waals surface area (Å²) in [7, 11) is 2.09. The third-order valence-electron chi connectivity index (χ3n) is 4.35. The molecular weight excluding hydrogens is 290 g/mol. The van der Waals surface area contributed by atoms with Gasteiger partial charge in [-0.25, -0.2) is 0 Å². The van der Waals surface area contributed by atoms with Crippen LogP contribution < -0.4 is 10.1 Å². The van der Waals surface area contributed by atoms with Gasteiger partial charge in [0, 0.05) is 16.9 Å². The number of hydrogen-bond donors (Lipinski definition) is 1. The SMILES string of the molecule is CNC(Cc1cc(Br)cc2c1OCC2)C1CCC1. The van der Waals surface area contributed by atoms with Gasteiger partial charge >= 0.3 is 0 Å². The predicted molar refractivity (Wildman–Crippen MR) is 77.2 cm³/mol. The maximum atomic E-state index is 5.81. The maximum Gasteiger partial charge on any atom is 0.125 e. The van der Waals surface area contributed by atoms with E-state index in [4.69, 9.17) is 4.74 Å². The molecule has 2 nitrogen and oxygen atoms in total. The fraction of sp³-hybridized carbons (Fsp3) is 0.600. The van der Waals surface area contributed by atoms with Crippen LogP contribution >= 0.6 is 15.9 Å². The van der Waals surface area contributed by atoms with Crippen LogP contribution in [0.1, 0.15) is 30.4 Å². The lowest BCUT2D eigenvalue weighted by molar-refractivity contribution is 0.234. The minimum atomic E-state index is 0.598. The summed E-state index contributed by atoms with van der Waals surface area (Å²) in [6.07, 6.45) is 6.29. The number of fused-ring (bicyclic) bond motifs is 1. The van der Waals surface area contributed by atoms with Crippen LogP contribution in [0.5, 0.6) is 5.75 Å². The summed E-state index contributed by atoms with van der Waals surface area (Å²) in [5.74, 6) is 2.00. The molecule has 1 saturated carbocycles. The number of nitrogens with one attached hydrogen (secondary N) is 1. The van der Waals surface area contributed by atoms with Crippen molar-refractivity contribution in [3.8, 4) is 5.75 Å². The first-order valence-electron chi connectivity index (χ1n) is 6.89. The molecule has 1 aliphatic carbocycles. The molecule has 3 heteroatoms. The Hall–Kier alpha value is -0.540. The summed E-state index contributed by atoms with van der Waals surface area (Å²) < 4.78 is 7.00. The van der Waals surface area contributed by atoms with Gasteiger partial charge in [-0.2, -0.15) is 0 Å². The Morgan fingerprint density at radius 2 is 2.28 bits per heavy atom. The average Bonchev–Trinajstić information content (AvgIpc) is 2.73. The van der Waals surface area contributed by atoms with Gasteiger partial charge in [0.25, 0.3) is 0 Å². The van der Waals surface area contributed by atoms with Crippen LogP contribution in [0.2, 0.25) is 0 Å². The van der Waals surface area contributed by atoms with Crippen molar-refractivity contribution >= 4 is 15.9 Å². The number of benzene rings is 1. The Balaban J connectivity index is 1.83. The Bertz CT molecular complexity index is 442. The van der Waals surface area contributed by atoms with Gasteiger partial charge in [0.05, 0.1) is 6.61 Å². The topological polar surface area (TPSA) is 21.3 Å². The van der Waals surface area contributed by atoms with Crippen LogP contribution in [-0.2, 0) is 12.8 Å². The van der Waals surface area contributed by atoms with Gasteiger partial charge in [-0.3, -0.25) is 0 Å². The molecule has 1 aromatic carbocycles. The maximum absolute atomic E-state index is 5.81.